The summed E-state index contributed by atoms with van der Waals surface area (Å²) >= 11 is 0. The third-order valence-corrected chi connectivity index (χ3v) is 1.85. The van der Waals surface area contributed by atoms with Crippen molar-refractivity contribution in [2.45, 2.75) is 13.2 Å². The van der Waals surface area contributed by atoms with Crippen LogP contribution in [0, 0.1) is 11.3 Å². The summed E-state index contributed by atoms with van der Waals surface area (Å²) in [6.45, 7) is 1.35. The first-order valence-electron chi connectivity index (χ1n) is 3.50. The van der Waals surface area contributed by atoms with Gasteiger partial charge in [-0.1, -0.05) is 6.07 Å². The monoisotopic (exact) mass is 181 g/mol. The average molecular weight is 182 g/mol. The molecule has 0 saturated heterocycles. The van der Waals surface area contributed by atoms with E-state index in [0.29, 0.717) is 18.8 Å². The van der Waals surface area contributed by atoms with Gasteiger partial charge in [-0.15, -0.1) is 12.4 Å². The molecule has 1 aliphatic heterocycles. The largest absolute Gasteiger partial charge is 0.372 e. The summed E-state index contributed by atoms with van der Waals surface area (Å²) in [5, 5.41) is 8.58. The molecule has 0 bridgehead atoms. The first kappa shape index (κ1) is 9.05. The van der Waals surface area contributed by atoms with Gasteiger partial charge < -0.3 is 4.74 Å². The summed E-state index contributed by atoms with van der Waals surface area (Å²) in [5.41, 5.74) is 3.09. The molecular formula is C9H8ClNO. The minimum Gasteiger partial charge on any atom is -0.372 e. The maximum atomic E-state index is 8.58. The maximum Gasteiger partial charge on any atom is 0.0991 e. The van der Waals surface area contributed by atoms with Crippen LogP contribution in [0.5, 0.6) is 0 Å². The molecule has 0 unspecified atom stereocenters. The van der Waals surface area contributed by atoms with E-state index < -0.39 is 0 Å². The first-order valence-corrected chi connectivity index (χ1v) is 3.50. The van der Waals surface area contributed by atoms with Gasteiger partial charge in [-0.2, -0.15) is 5.26 Å². The van der Waals surface area contributed by atoms with E-state index in [4.69, 9.17) is 10.00 Å². The minimum absolute atomic E-state index is 0. The van der Waals surface area contributed by atoms with Crippen molar-refractivity contribution in [3.05, 3.63) is 34.9 Å². The highest BCUT2D eigenvalue weighted by molar-refractivity contribution is 5.85. The van der Waals surface area contributed by atoms with Crippen LogP contribution in [0.2, 0.25) is 0 Å². The number of hydrogen-bond acceptors (Lipinski definition) is 2. The third-order valence-electron chi connectivity index (χ3n) is 1.85. The Morgan fingerprint density at radius 3 is 2.75 bits per heavy atom. The molecule has 0 N–H and O–H groups in total. The van der Waals surface area contributed by atoms with Crippen LogP contribution >= 0.6 is 12.4 Å². The van der Waals surface area contributed by atoms with Crippen LogP contribution in [0.1, 0.15) is 16.7 Å². The molecule has 0 aromatic heterocycles. The van der Waals surface area contributed by atoms with Gasteiger partial charge in [-0.25, -0.2) is 0 Å². The Morgan fingerprint density at radius 2 is 2.00 bits per heavy atom. The zero-order valence-electron chi connectivity index (χ0n) is 6.41. The van der Waals surface area contributed by atoms with Crippen molar-refractivity contribution in [2.24, 2.45) is 0 Å². The van der Waals surface area contributed by atoms with E-state index in [1.54, 1.807) is 0 Å². The Bertz CT molecular complexity index is 330. The number of nitriles is 1. The van der Waals surface area contributed by atoms with Crippen molar-refractivity contribution in [1.29, 1.82) is 5.26 Å². The zero-order chi connectivity index (χ0) is 7.68. The number of ether oxygens (including phenoxy) is 1. The van der Waals surface area contributed by atoms with Gasteiger partial charge in [0.2, 0.25) is 0 Å². The van der Waals surface area contributed by atoms with Crippen LogP contribution in [0.4, 0.5) is 0 Å². The molecular weight excluding hydrogens is 174 g/mol. The molecule has 12 heavy (non-hydrogen) atoms. The molecule has 0 aliphatic carbocycles. The van der Waals surface area contributed by atoms with Crippen molar-refractivity contribution < 1.29 is 4.74 Å². The smallest absolute Gasteiger partial charge is 0.0991 e. The second-order valence-electron chi connectivity index (χ2n) is 2.59. The number of hydrogen-bond donors (Lipinski definition) is 0. The highest BCUT2D eigenvalue weighted by Crippen LogP contribution is 2.20. The highest BCUT2D eigenvalue weighted by atomic mass is 35.5. The molecule has 2 rings (SSSR count). The normalized spacial score (nSPS) is 12.9. The summed E-state index contributed by atoms with van der Waals surface area (Å²) in [6, 6.07) is 7.78. The van der Waals surface area contributed by atoms with Crippen molar-refractivity contribution in [1.82, 2.24) is 0 Å². The topological polar surface area (TPSA) is 33.0 Å². The number of fused-ring (bicyclic) bond motifs is 1. The molecule has 0 saturated carbocycles. The minimum atomic E-state index is 0. The molecule has 1 heterocycles. The number of halogens is 1. The van der Waals surface area contributed by atoms with Gasteiger partial charge in [-0.05, 0) is 23.3 Å². The fraction of sp³-hybridized carbons (Fsp3) is 0.222. The van der Waals surface area contributed by atoms with E-state index in [0.717, 1.165) is 5.56 Å². The molecule has 0 spiro atoms. The lowest BCUT2D eigenvalue weighted by molar-refractivity contribution is 0.134. The number of rotatable bonds is 0. The number of nitrogens with zero attached hydrogens (tertiary/aromatic N) is 1. The SMILES string of the molecule is Cl.N#Cc1ccc2c(c1)COC2. The van der Waals surface area contributed by atoms with Crippen molar-refractivity contribution in [3.8, 4) is 6.07 Å². The molecule has 0 radical (unpaired) electrons. The van der Waals surface area contributed by atoms with Gasteiger partial charge >= 0.3 is 0 Å². The quantitative estimate of drug-likeness (QED) is 0.614. The van der Waals surface area contributed by atoms with E-state index in [9.17, 15) is 0 Å². The van der Waals surface area contributed by atoms with Crippen LogP contribution in [0.25, 0.3) is 0 Å². The molecule has 3 heteroatoms. The lowest BCUT2D eigenvalue weighted by Gasteiger charge is -1.94. The van der Waals surface area contributed by atoms with Crippen LogP contribution in [-0.4, -0.2) is 0 Å². The van der Waals surface area contributed by atoms with E-state index in [1.807, 2.05) is 18.2 Å². The van der Waals surface area contributed by atoms with E-state index >= 15 is 0 Å². The van der Waals surface area contributed by atoms with Gasteiger partial charge in [0.1, 0.15) is 0 Å². The Hall–Kier alpha value is -1.04. The Morgan fingerprint density at radius 1 is 1.25 bits per heavy atom. The molecule has 1 aromatic rings. The first-order chi connectivity index (χ1) is 5.40. The fourth-order valence-corrected chi connectivity index (χ4v) is 1.24. The molecule has 62 valence electrons. The molecule has 2 nitrogen and oxygen atoms in total. The molecule has 1 aliphatic rings. The van der Waals surface area contributed by atoms with Gasteiger partial charge in [0, 0.05) is 0 Å². The van der Waals surface area contributed by atoms with Crippen molar-refractivity contribution in [2.75, 3.05) is 0 Å². The second kappa shape index (κ2) is 3.57. The van der Waals surface area contributed by atoms with Gasteiger partial charge in [-0.3, -0.25) is 0 Å². The average Bonchev–Trinajstić information content (AvgIpc) is 2.50. The Labute approximate surface area is 77.2 Å². The third kappa shape index (κ3) is 1.42. The van der Waals surface area contributed by atoms with Gasteiger partial charge in [0.25, 0.3) is 0 Å². The van der Waals surface area contributed by atoms with E-state index in [1.165, 1.54) is 5.56 Å². The van der Waals surface area contributed by atoms with Crippen LogP contribution in [-0.2, 0) is 18.0 Å². The summed E-state index contributed by atoms with van der Waals surface area (Å²) in [6.07, 6.45) is 0. The van der Waals surface area contributed by atoms with E-state index in [-0.39, 0.29) is 12.4 Å². The Balaban J connectivity index is 0.000000720. The highest BCUT2D eigenvalue weighted by Gasteiger charge is 2.10. The second-order valence-corrected chi connectivity index (χ2v) is 2.59. The lowest BCUT2D eigenvalue weighted by Crippen LogP contribution is -1.82. The van der Waals surface area contributed by atoms with Crippen LogP contribution in [0.3, 0.4) is 0 Å². The van der Waals surface area contributed by atoms with Crippen LogP contribution in [0.15, 0.2) is 18.2 Å². The summed E-state index contributed by atoms with van der Waals surface area (Å²) in [4.78, 5) is 0. The number of benzene rings is 1. The van der Waals surface area contributed by atoms with Gasteiger partial charge in [0.05, 0.1) is 24.8 Å². The maximum absolute atomic E-state index is 8.58. The molecule has 1 aromatic carbocycles. The predicted octanol–water partition coefficient (Wildman–Crippen LogP) is 2.01. The van der Waals surface area contributed by atoms with Crippen LogP contribution < -0.4 is 0 Å². The standard InChI is InChI=1S/C9H7NO.ClH/c10-4-7-1-2-8-5-11-6-9(8)3-7;/h1-3H,5-6H2;1H. The lowest BCUT2D eigenvalue weighted by atomic mass is 10.1. The summed E-state index contributed by atoms with van der Waals surface area (Å²) < 4.78 is 5.20. The Kier molecular flexibility index (Phi) is 2.69. The van der Waals surface area contributed by atoms with E-state index in [2.05, 4.69) is 6.07 Å². The predicted molar refractivity (Wildman–Crippen MR) is 46.9 cm³/mol. The van der Waals surface area contributed by atoms with Crippen molar-refractivity contribution in [3.63, 3.8) is 0 Å². The zero-order valence-corrected chi connectivity index (χ0v) is 7.23. The summed E-state index contributed by atoms with van der Waals surface area (Å²) in [7, 11) is 0. The molecule has 0 amide bonds. The summed E-state index contributed by atoms with van der Waals surface area (Å²) in [5.74, 6) is 0. The van der Waals surface area contributed by atoms with Crippen molar-refractivity contribution >= 4 is 12.4 Å². The fourth-order valence-electron chi connectivity index (χ4n) is 1.24. The molecule has 0 atom stereocenters. The van der Waals surface area contributed by atoms with Gasteiger partial charge in [0.15, 0.2) is 0 Å². The molecule has 0 fully saturated rings.